The lowest BCUT2D eigenvalue weighted by Crippen LogP contribution is -2.23. The molecule has 1 radical (unpaired) electrons. The number of amides is 1. The molecule has 1 N–H and O–H groups in total. The van der Waals surface area contributed by atoms with E-state index in [1.54, 1.807) is 7.05 Å². The van der Waals surface area contributed by atoms with Gasteiger partial charge in [0.2, 0.25) is 5.91 Å². The maximum absolute atomic E-state index is 10.8. The van der Waals surface area contributed by atoms with Gasteiger partial charge in [0.15, 0.2) is 0 Å². The van der Waals surface area contributed by atoms with Crippen LogP contribution in [0, 0.1) is 5.92 Å². The third-order valence-electron chi connectivity index (χ3n) is 1.63. The Morgan fingerprint density at radius 3 is 3.00 bits per heavy atom. The first-order chi connectivity index (χ1) is 4.34. The minimum absolute atomic E-state index is 0.0417. The first kappa shape index (κ1) is 6.55. The van der Waals surface area contributed by atoms with Crippen LogP contribution in [0.5, 0.6) is 0 Å². The van der Waals surface area contributed by atoms with Crippen molar-refractivity contribution in [2.45, 2.75) is 6.42 Å². The Morgan fingerprint density at radius 2 is 2.56 bits per heavy atom. The lowest BCUT2D eigenvalue weighted by molar-refractivity contribution is -0.124. The Kier molecular flexibility index (Phi) is 2.05. The highest BCUT2D eigenvalue weighted by atomic mass is 16.1. The first-order valence-electron chi connectivity index (χ1n) is 3.19. The fourth-order valence-electron chi connectivity index (χ4n) is 1.05. The van der Waals surface area contributed by atoms with E-state index in [2.05, 4.69) is 10.6 Å². The molecule has 1 aliphatic rings. The van der Waals surface area contributed by atoms with Crippen molar-refractivity contribution in [2.75, 3.05) is 20.1 Å². The summed E-state index contributed by atoms with van der Waals surface area (Å²) < 4.78 is 0. The number of nitrogens with zero attached hydrogens (tertiary/aromatic N) is 1. The molecule has 1 atom stereocenters. The highest BCUT2D eigenvalue weighted by molar-refractivity contribution is 5.78. The predicted octanol–water partition coefficient (Wildman–Crippen LogP) is -0.643. The molecular weight excluding hydrogens is 116 g/mol. The molecule has 1 amide bonds. The number of carbonyl (C=O) groups excluding carboxylic acids is 1. The topological polar surface area (TPSA) is 43.2 Å². The van der Waals surface area contributed by atoms with Crippen LogP contribution < -0.4 is 10.6 Å². The first-order valence-corrected chi connectivity index (χ1v) is 3.19. The van der Waals surface area contributed by atoms with Crippen molar-refractivity contribution in [2.24, 2.45) is 5.92 Å². The van der Waals surface area contributed by atoms with Crippen molar-refractivity contribution >= 4 is 5.91 Å². The molecule has 1 heterocycles. The third-order valence-corrected chi connectivity index (χ3v) is 1.63. The quantitative estimate of drug-likeness (QED) is 0.509. The van der Waals surface area contributed by atoms with Crippen LogP contribution in [0.1, 0.15) is 6.42 Å². The second-order valence-electron chi connectivity index (χ2n) is 2.25. The van der Waals surface area contributed by atoms with Crippen LogP contribution in [-0.4, -0.2) is 26.0 Å². The summed E-state index contributed by atoms with van der Waals surface area (Å²) in [6.07, 6.45) is 0.955. The zero-order valence-electron chi connectivity index (χ0n) is 5.55. The fourth-order valence-corrected chi connectivity index (χ4v) is 1.05. The summed E-state index contributed by atoms with van der Waals surface area (Å²) in [6, 6.07) is 0. The van der Waals surface area contributed by atoms with E-state index in [0.717, 1.165) is 19.5 Å². The third kappa shape index (κ3) is 1.42. The molecule has 1 unspecified atom stereocenters. The van der Waals surface area contributed by atoms with Gasteiger partial charge in [-0.05, 0) is 13.0 Å². The molecule has 0 aromatic carbocycles. The van der Waals surface area contributed by atoms with Crippen molar-refractivity contribution in [1.29, 1.82) is 0 Å². The van der Waals surface area contributed by atoms with Crippen LogP contribution in [0.25, 0.3) is 0 Å². The molecule has 1 aliphatic heterocycles. The highest BCUT2D eigenvalue weighted by Crippen LogP contribution is 2.06. The van der Waals surface area contributed by atoms with Gasteiger partial charge < -0.3 is 5.32 Å². The average Bonchev–Trinajstić information content (AvgIpc) is 2.37. The molecule has 0 aromatic rings. The van der Waals surface area contributed by atoms with Gasteiger partial charge >= 0.3 is 0 Å². The van der Waals surface area contributed by atoms with Crippen LogP contribution in [0.4, 0.5) is 0 Å². The maximum atomic E-state index is 10.8. The summed E-state index contributed by atoms with van der Waals surface area (Å²) in [5.74, 6) is 0.204. The number of nitrogens with one attached hydrogen (secondary N) is 1. The normalized spacial score (nSPS) is 26.1. The monoisotopic (exact) mass is 127 g/mol. The van der Waals surface area contributed by atoms with Gasteiger partial charge in [0.05, 0.1) is 5.92 Å². The van der Waals surface area contributed by atoms with Crippen LogP contribution in [-0.2, 0) is 4.79 Å². The van der Waals surface area contributed by atoms with Crippen LogP contribution in [0.3, 0.4) is 0 Å². The van der Waals surface area contributed by atoms with Gasteiger partial charge in [0.1, 0.15) is 0 Å². The minimum Gasteiger partial charge on any atom is -0.316 e. The Morgan fingerprint density at radius 1 is 1.78 bits per heavy atom. The summed E-state index contributed by atoms with van der Waals surface area (Å²) in [5.41, 5.74) is 0. The zero-order chi connectivity index (χ0) is 6.69. The van der Waals surface area contributed by atoms with E-state index in [4.69, 9.17) is 0 Å². The maximum Gasteiger partial charge on any atom is 0.245 e. The highest BCUT2D eigenvalue weighted by Gasteiger charge is 2.21. The van der Waals surface area contributed by atoms with E-state index in [0.29, 0.717) is 0 Å². The molecule has 0 aromatic heterocycles. The molecule has 51 valence electrons. The van der Waals surface area contributed by atoms with Gasteiger partial charge in [-0.3, -0.25) is 10.1 Å². The minimum atomic E-state index is 0.0417. The predicted molar refractivity (Wildman–Crippen MR) is 34.0 cm³/mol. The smallest absolute Gasteiger partial charge is 0.245 e. The van der Waals surface area contributed by atoms with Crippen molar-refractivity contribution < 1.29 is 4.79 Å². The second-order valence-corrected chi connectivity index (χ2v) is 2.25. The van der Waals surface area contributed by atoms with E-state index in [1.165, 1.54) is 0 Å². The van der Waals surface area contributed by atoms with E-state index in [1.807, 2.05) is 0 Å². The summed E-state index contributed by atoms with van der Waals surface area (Å²) in [4.78, 5) is 10.8. The van der Waals surface area contributed by atoms with Crippen molar-refractivity contribution in [3.8, 4) is 0 Å². The molecule has 3 nitrogen and oxygen atoms in total. The summed E-state index contributed by atoms with van der Waals surface area (Å²) in [7, 11) is 1.56. The zero-order valence-corrected chi connectivity index (χ0v) is 5.55. The Bertz CT molecular complexity index is 108. The van der Waals surface area contributed by atoms with Gasteiger partial charge in [-0.15, -0.1) is 0 Å². The Labute approximate surface area is 54.8 Å². The molecule has 9 heavy (non-hydrogen) atoms. The number of carbonyl (C=O) groups is 1. The molecule has 3 heteroatoms. The summed E-state index contributed by atoms with van der Waals surface area (Å²) in [5, 5.41) is 6.70. The molecule has 0 spiro atoms. The van der Waals surface area contributed by atoms with Gasteiger partial charge in [0, 0.05) is 13.6 Å². The summed E-state index contributed by atoms with van der Waals surface area (Å²) in [6.45, 7) is 1.78. The molecular formula is C6H11N2O. The molecule has 0 aliphatic carbocycles. The number of hydrogen-bond acceptors (Lipinski definition) is 2. The van der Waals surface area contributed by atoms with Crippen LogP contribution in [0.15, 0.2) is 0 Å². The van der Waals surface area contributed by atoms with Crippen molar-refractivity contribution in [3.63, 3.8) is 0 Å². The van der Waals surface area contributed by atoms with Gasteiger partial charge in [-0.2, -0.15) is 0 Å². The van der Waals surface area contributed by atoms with Crippen molar-refractivity contribution in [1.82, 2.24) is 10.6 Å². The largest absolute Gasteiger partial charge is 0.316 e. The molecule has 0 saturated carbocycles. The van der Waals surface area contributed by atoms with Crippen molar-refractivity contribution in [3.05, 3.63) is 0 Å². The Hall–Kier alpha value is -0.570. The SMILES string of the molecule is C[N]C(=O)C1CCNC1. The van der Waals surface area contributed by atoms with E-state index in [-0.39, 0.29) is 11.8 Å². The molecule has 0 bridgehead atoms. The number of rotatable bonds is 1. The molecule has 1 saturated heterocycles. The van der Waals surface area contributed by atoms with Crippen LogP contribution >= 0.6 is 0 Å². The standard InChI is InChI=1S/C6H11N2O/c1-7-6(9)5-2-3-8-4-5/h5,8H,2-4H2,1H3. The van der Waals surface area contributed by atoms with E-state index in [9.17, 15) is 4.79 Å². The lowest BCUT2D eigenvalue weighted by Gasteiger charge is -2.01. The lowest BCUT2D eigenvalue weighted by atomic mass is 10.1. The number of hydrogen-bond donors (Lipinski definition) is 1. The fraction of sp³-hybridized carbons (Fsp3) is 0.833. The van der Waals surface area contributed by atoms with Gasteiger partial charge in [-0.25, -0.2) is 0 Å². The van der Waals surface area contributed by atoms with Gasteiger partial charge in [-0.1, -0.05) is 0 Å². The molecule has 1 fully saturated rings. The second kappa shape index (κ2) is 2.82. The molecule has 1 rings (SSSR count). The Balaban J connectivity index is 2.32. The van der Waals surface area contributed by atoms with E-state index < -0.39 is 0 Å². The van der Waals surface area contributed by atoms with Gasteiger partial charge in [0.25, 0.3) is 0 Å². The summed E-state index contributed by atoms with van der Waals surface area (Å²) >= 11 is 0. The average molecular weight is 127 g/mol. The van der Waals surface area contributed by atoms with Crippen LogP contribution in [0.2, 0.25) is 0 Å². The van der Waals surface area contributed by atoms with E-state index >= 15 is 0 Å².